The molecule has 4 N–H and O–H groups in total. The highest BCUT2D eigenvalue weighted by Gasteiger charge is 2.19. The minimum Gasteiger partial charge on any atom is -0.394 e. The Kier molecular flexibility index (Phi) is 5.04. The minimum atomic E-state index is -0.773. The van der Waals surface area contributed by atoms with Gasteiger partial charge < -0.3 is 21.1 Å². The highest BCUT2D eigenvalue weighted by molar-refractivity contribution is 5.92. The third kappa shape index (κ3) is 4.85. The number of rotatable bonds is 4. The Labute approximate surface area is 116 Å². The number of hydrogen-bond donors (Lipinski definition) is 4. The number of halogens is 1. The predicted molar refractivity (Wildman–Crippen MR) is 74.0 cm³/mol. The van der Waals surface area contributed by atoms with E-state index in [4.69, 9.17) is 5.11 Å². The molecule has 0 aromatic heterocycles. The lowest BCUT2D eigenvalue weighted by Gasteiger charge is -2.23. The summed E-state index contributed by atoms with van der Waals surface area (Å²) in [5.74, 6) is -1.01. The van der Waals surface area contributed by atoms with Crippen molar-refractivity contribution in [3.8, 4) is 0 Å². The fraction of sp³-hybridized carbons (Fsp3) is 0.385. The number of nitrogens with one attached hydrogen (secondary N) is 3. The molecule has 20 heavy (non-hydrogen) atoms. The number of carbonyl (C=O) groups is 2. The van der Waals surface area contributed by atoms with E-state index in [9.17, 15) is 14.0 Å². The van der Waals surface area contributed by atoms with Crippen LogP contribution in [-0.4, -0.2) is 29.2 Å². The van der Waals surface area contributed by atoms with E-state index in [0.29, 0.717) is 5.69 Å². The number of hydrogen-bond acceptors (Lipinski definition) is 3. The van der Waals surface area contributed by atoms with Crippen LogP contribution in [0.2, 0.25) is 0 Å². The Morgan fingerprint density at radius 3 is 2.50 bits per heavy atom. The normalized spacial score (nSPS) is 10.8. The number of benzene rings is 1. The van der Waals surface area contributed by atoms with Crippen LogP contribution >= 0.6 is 0 Å². The lowest BCUT2D eigenvalue weighted by Crippen LogP contribution is -2.48. The van der Waals surface area contributed by atoms with Gasteiger partial charge in [-0.15, -0.1) is 0 Å². The Balaban J connectivity index is 2.78. The number of anilines is 2. The molecule has 0 saturated heterocycles. The van der Waals surface area contributed by atoms with E-state index in [1.165, 1.54) is 19.1 Å². The third-order valence-corrected chi connectivity index (χ3v) is 2.38. The van der Waals surface area contributed by atoms with E-state index in [-0.39, 0.29) is 12.3 Å². The second-order valence-electron chi connectivity index (χ2n) is 5.00. The monoisotopic (exact) mass is 283 g/mol. The molecule has 110 valence electrons. The summed E-state index contributed by atoms with van der Waals surface area (Å²) in [6, 6.07) is 3.27. The van der Waals surface area contributed by atoms with Gasteiger partial charge in [0.15, 0.2) is 0 Å². The summed E-state index contributed by atoms with van der Waals surface area (Å²) in [6.45, 7) is 4.34. The molecule has 0 heterocycles. The van der Waals surface area contributed by atoms with Crippen molar-refractivity contribution in [3.05, 3.63) is 24.0 Å². The van der Waals surface area contributed by atoms with Crippen LogP contribution in [-0.2, 0) is 4.79 Å². The molecule has 1 rings (SSSR count). The fourth-order valence-corrected chi connectivity index (χ4v) is 1.40. The number of amides is 3. The third-order valence-electron chi connectivity index (χ3n) is 2.38. The van der Waals surface area contributed by atoms with Crippen molar-refractivity contribution < 1.29 is 19.1 Å². The van der Waals surface area contributed by atoms with Crippen LogP contribution in [0.4, 0.5) is 20.6 Å². The topological polar surface area (TPSA) is 90.5 Å². The summed E-state index contributed by atoms with van der Waals surface area (Å²) in [7, 11) is 0. The molecule has 0 aliphatic heterocycles. The van der Waals surface area contributed by atoms with Gasteiger partial charge in [0.2, 0.25) is 5.91 Å². The zero-order valence-corrected chi connectivity index (χ0v) is 11.6. The Morgan fingerprint density at radius 2 is 1.95 bits per heavy atom. The quantitative estimate of drug-likeness (QED) is 0.677. The minimum absolute atomic E-state index is 0.0169. The molecule has 0 saturated carbocycles. The molecule has 1 aromatic rings. The first-order chi connectivity index (χ1) is 9.23. The highest BCUT2D eigenvalue weighted by atomic mass is 19.1. The fourth-order valence-electron chi connectivity index (χ4n) is 1.40. The summed E-state index contributed by atoms with van der Waals surface area (Å²) in [6.07, 6.45) is 0. The first kappa shape index (κ1) is 15.9. The Morgan fingerprint density at radius 1 is 1.30 bits per heavy atom. The van der Waals surface area contributed by atoms with Crippen LogP contribution in [0.5, 0.6) is 0 Å². The number of aliphatic hydroxyl groups is 1. The van der Waals surface area contributed by atoms with Gasteiger partial charge in [-0.05, 0) is 32.0 Å². The van der Waals surface area contributed by atoms with E-state index >= 15 is 0 Å². The molecule has 3 amide bonds. The maximum absolute atomic E-state index is 13.4. The van der Waals surface area contributed by atoms with Crippen LogP contribution < -0.4 is 16.0 Å². The van der Waals surface area contributed by atoms with Crippen LogP contribution in [0.3, 0.4) is 0 Å². The number of aliphatic hydroxyl groups excluding tert-OH is 1. The highest BCUT2D eigenvalue weighted by Crippen LogP contribution is 2.19. The summed E-state index contributed by atoms with van der Waals surface area (Å²) in [5.41, 5.74) is -0.469. The standard InChI is InChI=1S/C13H18FN3O3/c1-8(19)15-11-6-9(4-5-10(11)14)16-12(20)17-13(2,3)7-18/h4-6,18H,7H2,1-3H3,(H,15,19)(H2,16,17,20). The van der Waals surface area contributed by atoms with E-state index in [1.54, 1.807) is 13.8 Å². The second-order valence-corrected chi connectivity index (χ2v) is 5.00. The van der Waals surface area contributed by atoms with E-state index in [1.807, 2.05) is 0 Å². The summed E-state index contributed by atoms with van der Waals surface area (Å²) in [4.78, 5) is 22.6. The van der Waals surface area contributed by atoms with E-state index < -0.39 is 23.3 Å². The van der Waals surface area contributed by atoms with Gasteiger partial charge in [0.25, 0.3) is 0 Å². The molecule has 0 bridgehead atoms. The van der Waals surface area contributed by atoms with Gasteiger partial charge in [-0.2, -0.15) is 0 Å². The molecule has 0 aliphatic carbocycles. The van der Waals surface area contributed by atoms with Crippen molar-refractivity contribution in [1.29, 1.82) is 0 Å². The molecular weight excluding hydrogens is 265 g/mol. The van der Waals surface area contributed by atoms with Gasteiger partial charge >= 0.3 is 6.03 Å². The van der Waals surface area contributed by atoms with Gasteiger partial charge in [-0.1, -0.05) is 0 Å². The molecule has 0 spiro atoms. The SMILES string of the molecule is CC(=O)Nc1cc(NC(=O)NC(C)(C)CO)ccc1F. The summed E-state index contributed by atoms with van der Waals surface area (Å²) < 4.78 is 13.4. The maximum Gasteiger partial charge on any atom is 0.319 e. The lowest BCUT2D eigenvalue weighted by atomic mass is 10.1. The molecule has 0 aliphatic rings. The molecule has 6 nitrogen and oxygen atoms in total. The largest absolute Gasteiger partial charge is 0.394 e. The van der Waals surface area contributed by atoms with Gasteiger partial charge in [0.05, 0.1) is 17.8 Å². The van der Waals surface area contributed by atoms with Crippen LogP contribution in [0.15, 0.2) is 18.2 Å². The predicted octanol–water partition coefficient (Wildman–Crippen LogP) is 1.68. The van der Waals surface area contributed by atoms with Crippen molar-refractivity contribution in [2.45, 2.75) is 26.3 Å². The van der Waals surface area contributed by atoms with Crippen molar-refractivity contribution in [2.75, 3.05) is 17.2 Å². The maximum atomic E-state index is 13.4. The molecular formula is C13H18FN3O3. The molecule has 0 radical (unpaired) electrons. The summed E-state index contributed by atoms with van der Waals surface area (Å²) in [5, 5.41) is 16.4. The lowest BCUT2D eigenvalue weighted by molar-refractivity contribution is -0.114. The molecule has 0 unspecified atom stereocenters. The van der Waals surface area contributed by atoms with Crippen molar-refractivity contribution in [2.24, 2.45) is 0 Å². The first-order valence-corrected chi connectivity index (χ1v) is 6.01. The van der Waals surface area contributed by atoms with Gasteiger partial charge in [0.1, 0.15) is 5.82 Å². The molecule has 7 heteroatoms. The zero-order chi connectivity index (χ0) is 15.3. The van der Waals surface area contributed by atoms with Crippen molar-refractivity contribution >= 4 is 23.3 Å². The van der Waals surface area contributed by atoms with Crippen LogP contribution in [0, 0.1) is 5.82 Å². The van der Waals surface area contributed by atoms with Crippen molar-refractivity contribution in [1.82, 2.24) is 5.32 Å². The van der Waals surface area contributed by atoms with Gasteiger partial charge in [-0.3, -0.25) is 4.79 Å². The second kappa shape index (κ2) is 6.33. The number of carbonyl (C=O) groups excluding carboxylic acids is 2. The average molecular weight is 283 g/mol. The Bertz CT molecular complexity index is 518. The average Bonchev–Trinajstić information content (AvgIpc) is 2.32. The van der Waals surface area contributed by atoms with Crippen molar-refractivity contribution in [3.63, 3.8) is 0 Å². The molecule has 1 aromatic carbocycles. The van der Waals surface area contributed by atoms with Crippen LogP contribution in [0.25, 0.3) is 0 Å². The van der Waals surface area contributed by atoms with Gasteiger partial charge in [-0.25, -0.2) is 9.18 Å². The first-order valence-electron chi connectivity index (χ1n) is 6.01. The summed E-state index contributed by atoms with van der Waals surface area (Å²) >= 11 is 0. The molecule has 0 atom stereocenters. The zero-order valence-electron chi connectivity index (χ0n) is 11.6. The smallest absolute Gasteiger partial charge is 0.319 e. The van der Waals surface area contributed by atoms with Crippen LogP contribution in [0.1, 0.15) is 20.8 Å². The number of urea groups is 1. The van der Waals surface area contributed by atoms with Gasteiger partial charge in [0, 0.05) is 12.6 Å². The molecule has 0 fully saturated rings. The van der Waals surface area contributed by atoms with E-state index in [0.717, 1.165) is 6.07 Å². The Hall–Kier alpha value is -2.15. The van der Waals surface area contributed by atoms with E-state index in [2.05, 4.69) is 16.0 Å².